The average Bonchev–Trinajstić information content (AvgIpc) is 2.39. The summed E-state index contributed by atoms with van der Waals surface area (Å²) in [7, 11) is 0. The maximum Gasteiger partial charge on any atom is 0.123 e. The fourth-order valence-electron chi connectivity index (χ4n) is 1.94. The highest BCUT2D eigenvalue weighted by atomic mass is 19.1. The minimum atomic E-state index is -0.204. The van der Waals surface area contributed by atoms with E-state index < -0.39 is 0 Å². The Hall–Kier alpha value is -2.15. The molecule has 0 spiro atoms. The van der Waals surface area contributed by atoms with Gasteiger partial charge in [-0.1, -0.05) is 60.7 Å². The van der Waals surface area contributed by atoms with Crippen LogP contribution in [0.25, 0.3) is 11.1 Å². The molecule has 0 radical (unpaired) electrons. The lowest BCUT2D eigenvalue weighted by molar-refractivity contribution is 0.628. The number of allylic oxidation sites excluding steroid dienone is 3. The normalized spacial score (nSPS) is 10.8. The van der Waals surface area contributed by atoms with Crippen LogP contribution < -0.4 is 0 Å². The highest BCUT2D eigenvalue weighted by Crippen LogP contribution is 2.21. The van der Waals surface area contributed by atoms with Crippen molar-refractivity contribution in [2.45, 2.75) is 13.3 Å². The summed E-state index contributed by atoms with van der Waals surface area (Å²) >= 11 is 0. The Bertz CT molecular complexity index is 609. The lowest BCUT2D eigenvalue weighted by atomic mass is 10.0. The predicted octanol–water partition coefficient (Wildman–Crippen LogP) is 5.17. The number of hydrogen-bond acceptors (Lipinski definition) is 0. The molecular formula is C18H17F. The van der Waals surface area contributed by atoms with Crippen molar-refractivity contribution in [3.8, 4) is 11.1 Å². The first kappa shape index (κ1) is 13.3. The third-order valence-electron chi connectivity index (χ3n) is 2.84. The van der Waals surface area contributed by atoms with Crippen molar-refractivity contribution in [3.05, 3.63) is 84.2 Å². The van der Waals surface area contributed by atoms with Crippen LogP contribution in [0.5, 0.6) is 0 Å². The minimum Gasteiger partial charge on any atom is -0.207 e. The fraction of sp³-hybridized carbons (Fsp3) is 0.111. The number of hydrogen-bond donors (Lipinski definition) is 0. The van der Waals surface area contributed by atoms with E-state index in [2.05, 4.69) is 24.8 Å². The Morgan fingerprint density at radius 2 is 1.79 bits per heavy atom. The standard InChI is InChI=1S/C18H17F/c1-14(2)6-3-7-15-8-4-9-16(12-15)17-10-5-11-18(19)13-17/h3-6,8-13H,1,7H2,2H3/b6-3-. The summed E-state index contributed by atoms with van der Waals surface area (Å²) in [6, 6.07) is 14.9. The van der Waals surface area contributed by atoms with E-state index in [4.69, 9.17) is 0 Å². The second kappa shape index (κ2) is 6.14. The molecule has 0 saturated heterocycles. The lowest BCUT2D eigenvalue weighted by Gasteiger charge is -2.04. The molecule has 0 saturated carbocycles. The minimum absolute atomic E-state index is 0.204. The van der Waals surface area contributed by atoms with Crippen molar-refractivity contribution >= 4 is 0 Å². The van der Waals surface area contributed by atoms with Gasteiger partial charge in [0.15, 0.2) is 0 Å². The zero-order chi connectivity index (χ0) is 13.7. The van der Waals surface area contributed by atoms with Crippen molar-refractivity contribution in [2.24, 2.45) is 0 Å². The maximum atomic E-state index is 13.2. The van der Waals surface area contributed by atoms with Gasteiger partial charge in [-0.3, -0.25) is 0 Å². The molecule has 0 N–H and O–H groups in total. The van der Waals surface area contributed by atoms with Crippen LogP contribution in [0.4, 0.5) is 4.39 Å². The Morgan fingerprint density at radius 3 is 2.47 bits per heavy atom. The molecule has 0 fully saturated rings. The zero-order valence-electron chi connectivity index (χ0n) is 11.1. The van der Waals surface area contributed by atoms with E-state index in [1.54, 1.807) is 12.1 Å². The quantitative estimate of drug-likeness (QED) is 0.659. The van der Waals surface area contributed by atoms with Crippen molar-refractivity contribution in [3.63, 3.8) is 0 Å². The first-order valence-corrected chi connectivity index (χ1v) is 6.32. The van der Waals surface area contributed by atoms with Crippen molar-refractivity contribution in [1.29, 1.82) is 0 Å². The first-order chi connectivity index (χ1) is 9.15. The first-order valence-electron chi connectivity index (χ1n) is 6.32. The summed E-state index contributed by atoms with van der Waals surface area (Å²) in [5.74, 6) is -0.204. The van der Waals surface area contributed by atoms with E-state index in [0.29, 0.717) is 0 Å². The number of halogens is 1. The van der Waals surface area contributed by atoms with Crippen molar-refractivity contribution < 1.29 is 4.39 Å². The summed E-state index contributed by atoms with van der Waals surface area (Å²) < 4.78 is 13.2. The van der Waals surface area contributed by atoms with E-state index in [1.165, 1.54) is 11.6 Å². The van der Waals surface area contributed by atoms with Gasteiger partial charge in [0.25, 0.3) is 0 Å². The molecule has 0 heterocycles. The molecule has 1 heteroatoms. The highest BCUT2D eigenvalue weighted by molar-refractivity contribution is 5.64. The van der Waals surface area contributed by atoms with Gasteiger partial charge < -0.3 is 0 Å². The maximum absolute atomic E-state index is 13.2. The van der Waals surface area contributed by atoms with E-state index in [-0.39, 0.29) is 5.82 Å². The van der Waals surface area contributed by atoms with E-state index in [9.17, 15) is 4.39 Å². The Kier molecular flexibility index (Phi) is 4.30. The molecule has 2 rings (SSSR count). The largest absolute Gasteiger partial charge is 0.207 e. The third-order valence-corrected chi connectivity index (χ3v) is 2.84. The van der Waals surface area contributed by atoms with Gasteiger partial charge in [0.2, 0.25) is 0 Å². The molecule has 0 aromatic heterocycles. The van der Waals surface area contributed by atoms with Crippen LogP contribution in [-0.2, 0) is 6.42 Å². The van der Waals surface area contributed by atoms with Crippen molar-refractivity contribution in [1.82, 2.24) is 0 Å². The van der Waals surface area contributed by atoms with Gasteiger partial charge in [-0.25, -0.2) is 4.39 Å². The van der Waals surface area contributed by atoms with Gasteiger partial charge in [-0.05, 0) is 42.2 Å². The summed E-state index contributed by atoms with van der Waals surface area (Å²) in [5, 5.41) is 0. The van der Waals surface area contributed by atoms with Crippen LogP contribution in [0.3, 0.4) is 0 Å². The summed E-state index contributed by atoms with van der Waals surface area (Å²) in [5.41, 5.74) is 4.20. The van der Waals surface area contributed by atoms with Gasteiger partial charge in [-0.15, -0.1) is 0 Å². The van der Waals surface area contributed by atoms with E-state index >= 15 is 0 Å². The Labute approximate surface area is 113 Å². The van der Waals surface area contributed by atoms with Gasteiger partial charge in [0.1, 0.15) is 5.82 Å². The van der Waals surface area contributed by atoms with Crippen LogP contribution in [0, 0.1) is 5.82 Å². The van der Waals surface area contributed by atoms with Crippen LogP contribution in [0.2, 0.25) is 0 Å². The third kappa shape index (κ3) is 3.92. The smallest absolute Gasteiger partial charge is 0.123 e. The molecule has 0 bridgehead atoms. The van der Waals surface area contributed by atoms with Crippen LogP contribution >= 0.6 is 0 Å². The zero-order valence-corrected chi connectivity index (χ0v) is 11.1. The molecule has 0 aliphatic heterocycles. The van der Waals surface area contributed by atoms with E-state index in [0.717, 1.165) is 23.1 Å². The van der Waals surface area contributed by atoms with Gasteiger partial charge in [0.05, 0.1) is 0 Å². The molecule has 96 valence electrons. The van der Waals surface area contributed by atoms with Crippen LogP contribution in [0.15, 0.2) is 72.8 Å². The second-order valence-electron chi connectivity index (χ2n) is 4.66. The average molecular weight is 252 g/mol. The number of benzene rings is 2. The van der Waals surface area contributed by atoms with Crippen LogP contribution in [-0.4, -0.2) is 0 Å². The summed E-state index contributed by atoms with van der Waals surface area (Å²) in [4.78, 5) is 0. The number of rotatable bonds is 4. The second-order valence-corrected chi connectivity index (χ2v) is 4.66. The molecule has 2 aromatic rings. The molecule has 0 amide bonds. The van der Waals surface area contributed by atoms with Gasteiger partial charge >= 0.3 is 0 Å². The lowest BCUT2D eigenvalue weighted by Crippen LogP contribution is -1.84. The molecular weight excluding hydrogens is 235 g/mol. The molecule has 19 heavy (non-hydrogen) atoms. The van der Waals surface area contributed by atoms with E-state index in [1.807, 2.05) is 31.2 Å². The molecule has 0 atom stereocenters. The molecule has 0 nitrogen and oxygen atoms in total. The molecule has 0 aliphatic rings. The molecule has 2 aromatic carbocycles. The fourth-order valence-corrected chi connectivity index (χ4v) is 1.94. The summed E-state index contributed by atoms with van der Waals surface area (Å²) in [6.07, 6.45) is 4.96. The van der Waals surface area contributed by atoms with Gasteiger partial charge in [0, 0.05) is 0 Å². The predicted molar refractivity (Wildman–Crippen MR) is 79.5 cm³/mol. The summed E-state index contributed by atoms with van der Waals surface area (Å²) in [6.45, 7) is 5.80. The Balaban J connectivity index is 2.22. The highest BCUT2D eigenvalue weighted by Gasteiger charge is 2.00. The molecule has 0 unspecified atom stereocenters. The van der Waals surface area contributed by atoms with Gasteiger partial charge in [-0.2, -0.15) is 0 Å². The Morgan fingerprint density at radius 1 is 1.11 bits per heavy atom. The topological polar surface area (TPSA) is 0 Å². The molecule has 0 aliphatic carbocycles. The van der Waals surface area contributed by atoms with Crippen molar-refractivity contribution in [2.75, 3.05) is 0 Å². The SMILES string of the molecule is C=C(C)/C=C\Cc1cccc(-c2cccc(F)c2)c1. The monoisotopic (exact) mass is 252 g/mol. The van der Waals surface area contributed by atoms with Crippen LogP contribution in [0.1, 0.15) is 12.5 Å².